The van der Waals surface area contributed by atoms with Crippen LogP contribution in [0, 0.1) is 0 Å². The van der Waals surface area contributed by atoms with Gasteiger partial charge < -0.3 is 14.8 Å². The molecule has 0 aliphatic rings. The van der Waals surface area contributed by atoms with E-state index in [-0.39, 0.29) is 5.91 Å². The van der Waals surface area contributed by atoms with E-state index in [9.17, 15) is 4.79 Å². The molecule has 1 amide bonds. The average Bonchev–Trinajstić information content (AvgIpc) is 2.78. The molecule has 0 saturated heterocycles. The van der Waals surface area contributed by atoms with Crippen LogP contribution in [0.25, 0.3) is 10.9 Å². The lowest BCUT2D eigenvalue weighted by Crippen LogP contribution is -2.28. The van der Waals surface area contributed by atoms with Gasteiger partial charge in [-0.3, -0.25) is 9.78 Å². The third-order valence-electron chi connectivity index (χ3n) is 4.34. The maximum atomic E-state index is 12.6. The number of pyridine rings is 1. The summed E-state index contributed by atoms with van der Waals surface area (Å²) in [7, 11) is 0. The van der Waals surface area contributed by atoms with E-state index in [4.69, 9.17) is 9.47 Å². The van der Waals surface area contributed by atoms with Crippen molar-refractivity contribution in [1.29, 1.82) is 0 Å². The molecular formula is C24H20N2O3. The second-order valence-corrected chi connectivity index (χ2v) is 6.35. The molecule has 1 aromatic heterocycles. The van der Waals surface area contributed by atoms with Crippen molar-refractivity contribution in [2.45, 2.75) is 0 Å². The molecule has 4 aromatic rings. The molecule has 0 atom stereocenters. The summed E-state index contributed by atoms with van der Waals surface area (Å²) < 4.78 is 11.7. The minimum atomic E-state index is -0.212. The van der Waals surface area contributed by atoms with Crippen LogP contribution in [-0.4, -0.2) is 24.0 Å². The Bertz CT molecular complexity index is 1110. The van der Waals surface area contributed by atoms with Gasteiger partial charge in [-0.05, 0) is 36.4 Å². The number of benzene rings is 3. The van der Waals surface area contributed by atoms with Crippen LogP contribution in [-0.2, 0) is 0 Å². The first-order chi connectivity index (χ1) is 14.3. The molecule has 5 heteroatoms. The van der Waals surface area contributed by atoms with Crippen molar-refractivity contribution in [3.63, 3.8) is 0 Å². The predicted octanol–water partition coefficient (Wildman–Crippen LogP) is 4.84. The highest BCUT2D eigenvalue weighted by Crippen LogP contribution is 2.25. The summed E-state index contributed by atoms with van der Waals surface area (Å²) in [5.74, 6) is 1.68. The molecule has 0 bridgehead atoms. The Balaban J connectivity index is 1.37. The van der Waals surface area contributed by atoms with E-state index in [0.717, 1.165) is 10.9 Å². The fraction of sp³-hybridized carbons (Fsp3) is 0.0833. The molecule has 0 spiro atoms. The van der Waals surface area contributed by atoms with E-state index >= 15 is 0 Å². The molecule has 0 fully saturated rings. The highest BCUT2D eigenvalue weighted by atomic mass is 16.5. The van der Waals surface area contributed by atoms with Crippen LogP contribution in [0.3, 0.4) is 0 Å². The van der Waals surface area contributed by atoms with Crippen molar-refractivity contribution >= 4 is 16.8 Å². The predicted molar refractivity (Wildman–Crippen MR) is 113 cm³/mol. The van der Waals surface area contributed by atoms with Gasteiger partial charge in [0.05, 0.1) is 12.1 Å². The summed E-state index contributed by atoms with van der Waals surface area (Å²) in [6.07, 6.45) is 1.74. The van der Waals surface area contributed by atoms with Crippen molar-refractivity contribution < 1.29 is 14.3 Å². The first-order valence-corrected chi connectivity index (χ1v) is 9.38. The number of ether oxygens (including phenoxy) is 2. The van der Waals surface area contributed by atoms with E-state index in [1.54, 1.807) is 18.3 Å². The maximum absolute atomic E-state index is 12.6. The first-order valence-electron chi connectivity index (χ1n) is 9.38. The number of hydrogen-bond donors (Lipinski definition) is 1. The summed E-state index contributed by atoms with van der Waals surface area (Å²) >= 11 is 0. The van der Waals surface area contributed by atoms with Gasteiger partial charge in [0.2, 0.25) is 0 Å². The van der Waals surface area contributed by atoms with Gasteiger partial charge in [0, 0.05) is 11.6 Å². The molecule has 29 heavy (non-hydrogen) atoms. The van der Waals surface area contributed by atoms with E-state index in [0.29, 0.717) is 36.0 Å². The SMILES string of the molecule is O=C(NCCOc1cccc2cccnc12)c1ccccc1Oc1ccccc1. The zero-order chi connectivity index (χ0) is 19.9. The van der Waals surface area contributed by atoms with Crippen LogP contribution in [0.2, 0.25) is 0 Å². The minimum Gasteiger partial charge on any atom is -0.489 e. The van der Waals surface area contributed by atoms with Crippen LogP contribution in [0.4, 0.5) is 0 Å². The summed E-state index contributed by atoms with van der Waals surface area (Å²) in [6.45, 7) is 0.699. The Labute approximate surface area is 168 Å². The molecule has 0 saturated carbocycles. The lowest BCUT2D eigenvalue weighted by molar-refractivity contribution is 0.0945. The summed E-state index contributed by atoms with van der Waals surface area (Å²) in [6, 6.07) is 26.2. The highest BCUT2D eigenvalue weighted by molar-refractivity contribution is 5.97. The van der Waals surface area contributed by atoms with Gasteiger partial charge in [0.15, 0.2) is 0 Å². The molecule has 0 aliphatic carbocycles. The Morgan fingerprint density at radius 2 is 1.59 bits per heavy atom. The van der Waals surface area contributed by atoms with Gasteiger partial charge in [-0.1, -0.05) is 48.5 Å². The topological polar surface area (TPSA) is 60.5 Å². The Morgan fingerprint density at radius 3 is 2.48 bits per heavy atom. The molecule has 1 heterocycles. The van der Waals surface area contributed by atoms with Crippen molar-refractivity contribution in [1.82, 2.24) is 10.3 Å². The van der Waals surface area contributed by atoms with Crippen LogP contribution in [0.15, 0.2) is 91.1 Å². The fourth-order valence-electron chi connectivity index (χ4n) is 2.97. The summed E-state index contributed by atoms with van der Waals surface area (Å²) in [4.78, 5) is 17.0. The maximum Gasteiger partial charge on any atom is 0.255 e. The molecule has 5 nitrogen and oxygen atoms in total. The molecule has 0 unspecified atom stereocenters. The van der Waals surface area contributed by atoms with Crippen molar-refractivity contribution in [3.05, 3.63) is 96.7 Å². The highest BCUT2D eigenvalue weighted by Gasteiger charge is 2.12. The van der Waals surface area contributed by atoms with E-state index in [1.807, 2.05) is 72.8 Å². The van der Waals surface area contributed by atoms with Gasteiger partial charge in [0.1, 0.15) is 29.4 Å². The lowest BCUT2D eigenvalue weighted by atomic mass is 10.2. The summed E-state index contributed by atoms with van der Waals surface area (Å²) in [5, 5.41) is 3.89. The number of amides is 1. The number of carbonyl (C=O) groups is 1. The Kier molecular flexibility index (Phi) is 5.67. The third-order valence-corrected chi connectivity index (χ3v) is 4.34. The van der Waals surface area contributed by atoms with Gasteiger partial charge in [-0.15, -0.1) is 0 Å². The number of nitrogens with zero attached hydrogens (tertiary/aromatic N) is 1. The van der Waals surface area contributed by atoms with E-state index in [2.05, 4.69) is 10.3 Å². The molecular weight excluding hydrogens is 364 g/mol. The van der Waals surface area contributed by atoms with Crippen molar-refractivity contribution in [2.24, 2.45) is 0 Å². The standard InChI is InChI=1S/C24H20N2O3/c27-24(20-12-4-5-13-21(20)29-19-10-2-1-3-11-19)26-16-17-28-22-14-6-8-18-9-7-15-25-23(18)22/h1-15H,16-17H2,(H,26,27). The van der Waals surface area contributed by atoms with Crippen LogP contribution in [0.1, 0.15) is 10.4 Å². The van der Waals surface area contributed by atoms with Crippen LogP contribution >= 0.6 is 0 Å². The summed E-state index contributed by atoms with van der Waals surface area (Å²) in [5.41, 5.74) is 1.28. The molecule has 0 radical (unpaired) electrons. The molecule has 1 N–H and O–H groups in total. The van der Waals surface area contributed by atoms with Crippen molar-refractivity contribution in [2.75, 3.05) is 13.2 Å². The fourth-order valence-corrected chi connectivity index (χ4v) is 2.97. The second kappa shape index (κ2) is 8.89. The first kappa shape index (κ1) is 18.5. The average molecular weight is 384 g/mol. The number of rotatable bonds is 7. The number of fused-ring (bicyclic) bond motifs is 1. The van der Waals surface area contributed by atoms with Gasteiger partial charge in [0.25, 0.3) is 5.91 Å². The van der Waals surface area contributed by atoms with Gasteiger partial charge in [-0.2, -0.15) is 0 Å². The monoisotopic (exact) mass is 384 g/mol. The molecule has 3 aromatic carbocycles. The smallest absolute Gasteiger partial charge is 0.255 e. The third kappa shape index (κ3) is 4.52. The minimum absolute atomic E-state index is 0.212. The zero-order valence-electron chi connectivity index (χ0n) is 15.7. The normalized spacial score (nSPS) is 10.5. The zero-order valence-corrected chi connectivity index (χ0v) is 15.7. The van der Waals surface area contributed by atoms with Crippen molar-refractivity contribution in [3.8, 4) is 17.2 Å². The lowest BCUT2D eigenvalue weighted by Gasteiger charge is -2.12. The quantitative estimate of drug-likeness (QED) is 0.463. The molecule has 0 aliphatic heterocycles. The molecule has 4 rings (SSSR count). The van der Waals surface area contributed by atoms with Crippen LogP contribution < -0.4 is 14.8 Å². The number of para-hydroxylation sites is 3. The van der Waals surface area contributed by atoms with Crippen LogP contribution in [0.5, 0.6) is 17.2 Å². The largest absolute Gasteiger partial charge is 0.489 e. The second-order valence-electron chi connectivity index (χ2n) is 6.35. The van der Waals surface area contributed by atoms with E-state index in [1.165, 1.54) is 0 Å². The molecule has 144 valence electrons. The number of carbonyl (C=O) groups excluding carboxylic acids is 1. The number of hydrogen-bond acceptors (Lipinski definition) is 4. The van der Waals surface area contributed by atoms with Gasteiger partial charge in [-0.25, -0.2) is 0 Å². The van der Waals surface area contributed by atoms with Gasteiger partial charge >= 0.3 is 0 Å². The van der Waals surface area contributed by atoms with E-state index < -0.39 is 0 Å². The number of nitrogens with one attached hydrogen (secondary N) is 1. The number of aromatic nitrogens is 1. The Hall–Kier alpha value is -3.86. The Morgan fingerprint density at radius 1 is 0.828 bits per heavy atom.